The fourth-order valence-corrected chi connectivity index (χ4v) is 6.81. The Morgan fingerprint density at radius 3 is 1.77 bits per heavy atom. The van der Waals surface area contributed by atoms with Crippen LogP contribution in [-0.4, -0.2) is 57.4 Å². The predicted octanol–water partition coefficient (Wildman–Crippen LogP) is 9.06. The Morgan fingerprint density at radius 1 is 0.774 bits per heavy atom. The summed E-state index contributed by atoms with van der Waals surface area (Å²) in [5, 5.41) is 5.36. The molecule has 0 aromatic heterocycles. The van der Waals surface area contributed by atoms with E-state index in [0.29, 0.717) is 30.4 Å². The third-order valence-electron chi connectivity index (χ3n) is 7.20. The lowest BCUT2D eigenvalue weighted by Gasteiger charge is -2.14. The Bertz CT molecular complexity index is 1420. The highest BCUT2D eigenvalue weighted by molar-refractivity contribution is 7.89. The zero-order valence-corrected chi connectivity index (χ0v) is 35.3. The van der Waals surface area contributed by atoms with Crippen LogP contribution in [0.2, 0.25) is 0 Å². The molecule has 0 aliphatic heterocycles. The molecule has 0 bridgehead atoms. The predicted molar refractivity (Wildman–Crippen MR) is 213 cm³/mol. The standard InChI is InChI=1S/C12H19NO2S.C11H15NO2.C9H17NO2.C9H18O2/c1-8(2)13-16(14,15)12-10(4)6-9(3)7-11(12)5;1-9(2)12-11(13)14-8-10-6-4-3-5-7-10;1-7(2)10-9(11)12-8-5-3-4-6-8;1-4-5-6-11-9(10)7-8(2)3/h6-8,13H,1-5H3;3-7,9H,8H2,1-2H3,(H,12,13);7-8H,3-6H2,1-2H3,(H,10,11);8H,4-7H2,1-3H3. The van der Waals surface area contributed by atoms with E-state index in [0.717, 1.165) is 47.9 Å². The second-order valence-electron chi connectivity index (χ2n) is 14.6. The normalized spacial score (nSPS) is 12.5. The number of nitrogens with one attached hydrogen (secondary N) is 3. The molecule has 2 aromatic carbocycles. The summed E-state index contributed by atoms with van der Waals surface area (Å²) in [6.45, 7) is 23.9. The summed E-state index contributed by atoms with van der Waals surface area (Å²) in [6.07, 6.45) is 6.59. The van der Waals surface area contributed by atoms with Gasteiger partial charge >= 0.3 is 18.2 Å². The van der Waals surface area contributed by atoms with Gasteiger partial charge in [-0.3, -0.25) is 4.79 Å². The maximum absolute atomic E-state index is 12.1. The molecule has 302 valence electrons. The maximum Gasteiger partial charge on any atom is 0.407 e. The van der Waals surface area contributed by atoms with Gasteiger partial charge in [0.15, 0.2) is 0 Å². The number of hydrogen-bond donors (Lipinski definition) is 3. The van der Waals surface area contributed by atoms with Crippen molar-refractivity contribution in [3.8, 4) is 0 Å². The van der Waals surface area contributed by atoms with Gasteiger partial charge in [0.25, 0.3) is 0 Å². The molecule has 53 heavy (non-hydrogen) atoms. The number of rotatable bonds is 13. The number of ether oxygens (including phenoxy) is 3. The number of hydrogen-bond acceptors (Lipinski definition) is 8. The minimum absolute atomic E-state index is 0.0616. The van der Waals surface area contributed by atoms with Crippen LogP contribution in [0.25, 0.3) is 0 Å². The van der Waals surface area contributed by atoms with Crippen LogP contribution < -0.4 is 15.4 Å². The van der Waals surface area contributed by atoms with E-state index in [1.54, 1.807) is 0 Å². The van der Waals surface area contributed by atoms with Gasteiger partial charge < -0.3 is 24.8 Å². The van der Waals surface area contributed by atoms with Crippen LogP contribution in [-0.2, 0) is 35.6 Å². The van der Waals surface area contributed by atoms with Crippen LogP contribution in [0.15, 0.2) is 47.4 Å². The maximum atomic E-state index is 12.1. The number of unbranched alkanes of at least 4 members (excludes halogenated alkanes) is 1. The van der Waals surface area contributed by atoms with Crippen molar-refractivity contribution in [3.63, 3.8) is 0 Å². The molecule has 1 fully saturated rings. The van der Waals surface area contributed by atoms with Crippen molar-refractivity contribution in [3.05, 3.63) is 64.7 Å². The van der Waals surface area contributed by atoms with Crippen molar-refractivity contribution >= 4 is 28.2 Å². The molecule has 0 spiro atoms. The van der Waals surface area contributed by atoms with Crippen molar-refractivity contribution in [2.45, 2.75) is 164 Å². The van der Waals surface area contributed by atoms with Crippen molar-refractivity contribution in [2.24, 2.45) is 5.92 Å². The molecule has 12 heteroatoms. The van der Waals surface area contributed by atoms with E-state index < -0.39 is 10.0 Å². The number of amides is 2. The number of carbonyl (C=O) groups excluding carboxylic acids is 3. The Kier molecular flexibility index (Phi) is 25.2. The van der Waals surface area contributed by atoms with E-state index in [1.165, 1.54) is 12.8 Å². The first-order valence-electron chi connectivity index (χ1n) is 19.0. The highest BCUT2D eigenvalue weighted by Crippen LogP contribution is 2.22. The van der Waals surface area contributed by atoms with Gasteiger partial charge in [-0.25, -0.2) is 22.7 Å². The second-order valence-corrected chi connectivity index (χ2v) is 16.3. The van der Waals surface area contributed by atoms with Crippen molar-refractivity contribution < 1.29 is 37.0 Å². The summed E-state index contributed by atoms with van der Waals surface area (Å²) in [7, 11) is -3.39. The molecule has 2 aromatic rings. The highest BCUT2D eigenvalue weighted by atomic mass is 32.2. The molecule has 2 amide bonds. The molecular weight excluding hydrogens is 695 g/mol. The summed E-state index contributed by atoms with van der Waals surface area (Å²) >= 11 is 0. The fraction of sp³-hybridized carbons (Fsp3) is 0.634. The minimum Gasteiger partial charge on any atom is -0.466 e. The number of carbonyl (C=O) groups is 3. The zero-order valence-electron chi connectivity index (χ0n) is 34.5. The Morgan fingerprint density at radius 2 is 1.30 bits per heavy atom. The van der Waals surface area contributed by atoms with E-state index in [2.05, 4.69) is 22.3 Å². The van der Waals surface area contributed by atoms with E-state index in [1.807, 2.05) is 119 Å². The monoisotopic (exact) mass is 763 g/mol. The molecule has 0 atom stereocenters. The molecule has 3 N–H and O–H groups in total. The Hall–Kier alpha value is -3.64. The topological polar surface area (TPSA) is 149 Å². The van der Waals surface area contributed by atoms with E-state index >= 15 is 0 Å². The molecule has 1 aliphatic rings. The van der Waals surface area contributed by atoms with E-state index in [-0.39, 0.29) is 42.4 Å². The van der Waals surface area contributed by atoms with Gasteiger partial charge in [-0.05, 0) is 117 Å². The van der Waals surface area contributed by atoms with Crippen LogP contribution in [0.5, 0.6) is 0 Å². The summed E-state index contributed by atoms with van der Waals surface area (Å²) in [6, 6.07) is 13.6. The van der Waals surface area contributed by atoms with Gasteiger partial charge in [-0.15, -0.1) is 0 Å². The lowest BCUT2D eigenvalue weighted by atomic mass is 10.1. The first-order valence-corrected chi connectivity index (χ1v) is 20.5. The number of aryl methyl sites for hydroxylation is 3. The minimum atomic E-state index is -3.39. The Labute approximate surface area is 320 Å². The van der Waals surface area contributed by atoms with Gasteiger partial charge in [0.1, 0.15) is 12.7 Å². The van der Waals surface area contributed by atoms with Crippen molar-refractivity contribution in [1.29, 1.82) is 0 Å². The van der Waals surface area contributed by atoms with Gasteiger partial charge in [-0.1, -0.05) is 75.2 Å². The van der Waals surface area contributed by atoms with Crippen LogP contribution in [0.1, 0.15) is 130 Å². The molecule has 0 radical (unpaired) electrons. The molecule has 0 saturated heterocycles. The summed E-state index contributed by atoms with van der Waals surface area (Å²) < 4.78 is 41.9. The summed E-state index contributed by atoms with van der Waals surface area (Å²) in [5.41, 5.74) is 3.67. The highest BCUT2D eigenvalue weighted by Gasteiger charge is 2.21. The summed E-state index contributed by atoms with van der Waals surface area (Å²) in [4.78, 5) is 33.5. The SMILES string of the molecule is CC(C)NC(=O)OC1CCCC1.CC(C)NC(=O)OCc1ccccc1.CCCCOC(=O)CC(C)C.Cc1cc(C)c(S(=O)(=O)NC(C)C)c(C)c1. The first kappa shape index (κ1) is 49.4. The zero-order chi connectivity index (χ0) is 40.6. The average Bonchev–Trinajstić information content (AvgIpc) is 3.52. The van der Waals surface area contributed by atoms with Crippen LogP contribution in [0.3, 0.4) is 0 Å². The van der Waals surface area contributed by atoms with Crippen molar-refractivity contribution in [1.82, 2.24) is 15.4 Å². The van der Waals surface area contributed by atoms with Gasteiger partial charge in [0, 0.05) is 24.5 Å². The average molecular weight is 764 g/mol. The molecule has 0 heterocycles. The molecule has 1 saturated carbocycles. The van der Waals surface area contributed by atoms with Crippen LogP contribution in [0.4, 0.5) is 9.59 Å². The third kappa shape index (κ3) is 25.1. The lowest BCUT2D eigenvalue weighted by Crippen LogP contribution is -2.33. The van der Waals surface area contributed by atoms with Crippen LogP contribution in [0, 0.1) is 26.7 Å². The number of sulfonamides is 1. The lowest BCUT2D eigenvalue weighted by molar-refractivity contribution is -0.144. The molecule has 0 unspecified atom stereocenters. The smallest absolute Gasteiger partial charge is 0.407 e. The quantitative estimate of drug-likeness (QED) is 0.104. The van der Waals surface area contributed by atoms with Gasteiger partial charge in [0.2, 0.25) is 10.0 Å². The number of esters is 1. The third-order valence-corrected chi connectivity index (χ3v) is 9.16. The molecule has 1 aliphatic carbocycles. The molecule has 3 rings (SSSR count). The van der Waals surface area contributed by atoms with Gasteiger partial charge in [-0.2, -0.15) is 0 Å². The second kappa shape index (κ2) is 27.0. The van der Waals surface area contributed by atoms with Gasteiger partial charge in [0.05, 0.1) is 11.5 Å². The number of benzene rings is 2. The largest absolute Gasteiger partial charge is 0.466 e. The van der Waals surface area contributed by atoms with Crippen molar-refractivity contribution in [2.75, 3.05) is 6.61 Å². The first-order chi connectivity index (χ1) is 24.8. The Balaban J connectivity index is 0.000000688. The van der Waals surface area contributed by atoms with Crippen LogP contribution >= 0.6 is 0 Å². The molecule has 11 nitrogen and oxygen atoms in total. The summed E-state index contributed by atoms with van der Waals surface area (Å²) in [5.74, 6) is 0.345. The molecular formula is C41H69N3O8S. The van der Waals surface area contributed by atoms with E-state index in [9.17, 15) is 22.8 Å². The number of alkyl carbamates (subject to hydrolysis) is 2. The fourth-order valence-electron chi connectivity index (χ4n) is 5.11. The van der Waals surface area contributed by atoms with E-state index in [4.69, 9.17) is 14.2 Å².